The molecule has 0 heterocycles. The summed E-state index contributed by atoms with van der Waals surface area (Å²) in [7, 11) is 1.79. The van der Waals surface area contributed by atoms with Gasteiger partial charge in [-0.2, -0.15) is 0 Å². The molecule has 13 heavy (non-hydrogen) atoms. The van der Waals surface area contributed by atoms with Crippen LogP contribution in [-0.4, -0.2) is 17.5 Å². The van der Waals surface area contributed by atoms with Gasteiger partial charge in [-0.3, -0.25) is 0 Å². The van der Waals surface area contributed by atoms with Gasteiger partial charge in [0.15, 0.2) is 0 Å². The third-order valence-corrected chi connectivity index (χ3v) is 3.59. The van der Waals surface area contributed by atoms with Gasteiger partial charge in [0.05, 0.1) is 5.60 Å². The van der Waals surface area contributed by atoms with Crippen molar-refractivity contribution in [3.8, 4) is 0 Å². The normalized spacial score (nSPS) is 17.1. The summed E-state index contributed by atoms with van der Waals surface area (Å²) in [5.74, 6) is 0.773. The fourth-order valence-corrected chi connectivity index (χ4v) is 2.03. The molecule has 2 unspecified atom stereocenters. The van der Waals surface area contributed by atoms with Gasteiger partial charge in [-0.25, -0.2) is 0 Å². The summed E-state index contributed by atoms with van der Waals surface area (Å²) in [5, 5.41) is 0. The van der Waals surface area contributed by atoms with Gasteiger partial charge in [0.2, 0.25) is 0 Å². The van der Waals surface area contributed by atoms with Crippen molar-refractivity contribution in [2.75, 3.05) is 7.11 Å². The van der Waals surface area contributed by atoms with E-state index in [0.29, 0.717) is 4.83 Å². The summed E-state index contributed by atoms with van der Waals surface area (Å²) in [5.41, 5.74) is 0.0370. The Labute approximate surface area is 91.4 Å². The lowest BCUT2D eigenvalue weighted by atomic mass is 9.91. The molecule has 0 saturated heterocycles. The Hall–Kier alpha value is 0.440. The molecule has 0 aromatic carbocycles. The predicted octanol–water partition coefficient (Wildman–Crippen LogP) is 4.00. The van der Waals surface area contributed by atoms with Crippen molar-refractivity contribution in [1.82, 2.24) is 0 Å². The second kappa shape index (κ2) is 6.02. The summed E-state index contributed by atoms with van der Waals surface area (Å²) in [6.07, 6.45) is 3.62. The molecular formula is C11H23BrO. The van der Waals surface area contributed by atoms with Crippen LogP contribution in [0.3, 0.4) is 0 Å². The predicted molar refractivity (Wildman–Crippen MR) is 62.5 cm³/mol. The number of hydrogen-bond donors (Lipinski definition) is 0. The number of halogens is 1. The standard InChI is InChI=1S/C11H23BrO/c1-6-10(9(2)12)7-8-11(3,4)13-5/h9-10H,6-8H2,1-5H3. The lowest BCUT2D eigenvalue weighted by Gasteiger charge is -2.26. The number of ether oxygens (including phenoxy) is 1. The highest BCUT2D eigenvalue weighted by atomic mass is 79.9. The van der Waals surface area contributed by atoms with Gasteiger partial charge in [-0.1, -0.05) is 36.2 Å². The maximum absolute atomic E-state index is 5.40. The van der Waals surface area contributed by atoms with E-state index in [0.717, 1.165) is 12.3 Å². The maximum Gasteiger partial charge on any atom is 0.0622 e. The van der Waals surface area contributed by atoms with Crippen LogP contribution in [0.25, 0.3) is 0 Å². The molecule has 0 bridgehead atoms. The first-order valence-electron chi connectivity index (χ1n) is 5.12. The van der Waals surface area contributed by atoms with Crippen LogP contribution >= 0.6 is 15.9 Å². The highest BCUT2D eigenvalue weighted by molar-refractivity contribution is 9.09. The highest BCUT2D eigenvalue weighted by Gasteiger charge is 2.20. The smallest absolute Gasteiger partial charge is 0.0622 e. The van der Waals surface area contributed by atoms with E-state index in [1.54, 1.807) is 7.11 Å². The van der Waals surface area contributed by atoms with E-state index in [1.165, 1.54) is 12.8 Å². The molecule has 0 aliphatic carbocycles. The van der Waals surface area contributed by atoms with Crippen LogP contribution in [0, 0.1) is 5.92 Å². The minimum Gasteiger partial charge on any atom is -0.379 e. The summed E-state index contributed by atoms with van der Waals surface area (Å²) < 4.78 is 5.40. The highest BCUT2D eigenvalue weighted by Crippen LogP contribution is 2.26. The van der Waals surface area contributed by atoms with Crippen LogP contribution in [0.5, 0.6) is 0 Å². The molecule has 2 heteroatoms. The van der Waals surface area contributed by atoms with Gasteiger partial charge < -0.3 is 4.74 Å². The van der Waals surface area contributed by atoms with Crippen LogP contribution in [0.15, 0.2) is 0 Å². The van der Waals surface area contributed by atoms with Gasteiger partial charge in [-0.15, -0.1) is 0 Å². The first-order valence-corrected chi connectivity index (χ1v) is 6.03. The van der Waals surface area contributed by atoms with E-state index in [9.17, 15) is 0 Å². The molecule has 0 N–H and O–H groups in total. The summed E-state index contributed by atoms with van der Waals surface area (Å²) >= 11 is 3.65. The van der Waals surface area contributed by atoms with Crippen molar-refractivity contribution in [1.29, 1.82) is 0 Å². The van der Waals surface area contributed by atoms with Gasteiger partial charge >= 0.3 is 0 Å². The largest absolute Gasteiger partial charge is 0.379 e. The number of rotatable bonds is 6. The summed E-state index contributed by atoms with van der Waals surface area (Å²) in [4.78, 5) is 0.616. The first-order chi connectivity index (χ1) is 5.93. The Balaban J connectivity index is 3.85. The van der Waals surface area contributed by atoms with Crippen LogP contribution in [0.2, 0.25) is 0 Å². The quantitative estimate of drug-likeness (QED) is 0.648. The van der Waals surface area contributed by atoms with Crippen LogP contribution in [0.4, 0.5) is 0 Å². The van der Waals surface area contributed by atoms with Crippen molar-refractivity contribution in [2.45, 2.75) is 57.4 Å². The first kappa shape index (κ1) is 13.4. The van der Waals surface area contributed by atoms with Gasteiger partial charge in [-0.05, 0) is 32.6 Å². The average Bonchev–Trinajstić information content (AvgIpc) is 2.05. The second-order valence-corrected chi connectivity index (χ2v) is 5.79. The van der Waals surface area contributed by atoms with E-state index in [2.05, 4.69) is 43.6 Å². The van der Waals surface area contributed by atoms with Crippen molar-refractivity contribution in [2.24, 2.45) is 5.92 Å². The zero-order chi connectivity index (χ0) is 10.5. The Morgan fingerprint density at radius 1 is 1.38 bits per heavy atom. The second-order valence-electron chi connectivity index (χ2n) is 4.35. The summed E-state index contributed by atoms with van der Waals surface area (Å²) in [6.45, 7) is 8.79. The van der Waals surface area contributed by atoms with E-state index >= 15 is 0 Å². The fourth-order valence-electron chi connectivity index (χ4n) is 1.39. The SMILES string of the molecule is CCC(CCC(C)(C)OC)C(C)Br. The molecule has 0 rings (SSSR count). The fraction of sp³-hybridized carbons (Fsp3) is 1.00. The van der Waals surface area contributed by atoms with Crippen molar-refractivity contribution >= 4 is 15.9 Å². The molecule has 0 saturated carbocycles. The minimum atomic E-state index is 0.0370. The topological polar surface area (TPSA) is 9.23 Å². The molecule has 80 valence electrons. The monoisotopic (exact) mass is 250 g/mol. The van der Waals surface area contributed by atoms with E-state index < -0.39 is 0 Å². The molecule has 2 atom stereocenters. The van der Waals surface area contributed by atoms with E-state index in [1.807, 2.05) is 0 Å². The molecule has 0 radical (unpaired) electrons. The maximum atomic E-state index is 5.40. The molecule has 0 aliphatic rings. The van der Waals surface area contributed by atoms with Crippen LogP contribution in [-0.2, 0) is 4.74 Å². The van der Waals surface area contributed by atoms with Gasteiger partial charge in [0.1, 0.15) is 0 Å². The summed E-state index contributed by atoms with van der Waals surface area (Å²) in [6, 6.07) is 0. The average molecular weight is 251 g/mol. The third-order valence-electron chi connectivity index (χ3n) is 2.84. The number of alkyl halides is 1. The zero-order valence-electron chi connectivity index (χ0n) is 9.56. The van der Waals surface area contributed by atoms with Crippen molar-refractivity contribution in [3.05, 3.63) is 0 Å². The third kappa shape index (κ3) is 5.69. The van der Waals surface area contributed by atoms with Crippen molar-refractivity contribution in [3.63, 3.8) is 0 Å². The van der Waals surface area contributed by atoms with Crippen LogP contribution in [0.1, 0.15) is 47.0 Å². The van der Waals surface area contributed by atoms with Crippen molar-refractivity contribution < 1.29 is 4.74 Å². The zero-order valence-corrected chi connectivity index (χ0v) is 11.1. The Kier molecular flexibility index (Phi) is 6.23. The number of methoxy groups -OCH3 is 1. The molecule has 0 fully saturated rings. The Morgan fingerprint density at radius 3 is 2.23 bits per heavy atom. The van der Waals surface area contributed by atoms with Gasteiger partial charge in [0, 0.05) is 11.9 Å². The van der Waals surface area contributed by atoms with E-state index in [4.69, 9.17) is 4.74 Å². The van der Waals surface area contributed by atoms with Crippen LogP contribution < -0.4 is 0 Å². The minimum absolute atomic E-state index is 0.0370. The van der Waals surface area contributed by atoms with E-state index in [-0.39, 0.29) is 5.60 Å². The molecule has 0 amide bonds. The Bertz CT molecular complexity index is 132. The molecular weight excluding hydrogens is 228 g/mol. The molecule has 1 nitrogen and oxygen atoms in total. The lowest BCUT2D eigenvalue weighted by Crippen LogP contribution is -2.24. The molecule has 0 aromatic heterocycles. The number of hydrogen-bond acceptors (Lipinski definition) is 1. The molecule has 0 aromatic rings. The Morgan fingerprint density at radius 2 is 1.92 bits per heavy atom. The van der Waals surface area contributed by atoms with Gasteiger partial charge in [0.25, 0.3) is 0 Å². The molecule has 0 spiro atoms. The lowest BCUT2D eigenvalue weighted by molar-refractivity contribution is 0.0103. The molecule has 0 aliphatic heterocycles.